The lowest BCUT2D eigenvalue weighted by molar-refractivity contribution is 0.193. The van der Waals surface area contributed by atoms with Crippen LogP contribution in [0.5, 0.6) is 0 Å². The molecule has 0 aromatic heterocycles. The molecule has 0 aromatic carbocycles. The van der Waals surface area contributed by atoms with E-state index < -0.39 is 10.1 Å². The molecule has 0 bridgehead atoms. The monoisotopic (exact) mass is 206 g/mol. The van der Waals surface area contributed by atoms with Gasteiger partial charge in [0.25, 0.3) is 10.1 Å². The highest BCUT2D eigenvalue weighted by molar-refractivity contribution is 7.85. The van der Waals surface area contributed by atoms with E-state index >= 15 is 0 Å². The Labute approximate surface area is 80.6 Å². The second kappa shape index (κ2) is 4.42. The number of hydrogen-bond acceptors (Lipinski definition) is 3. The third kappa shape index (κ3) is 4.62. The molecular weight excluding hydrogens is 188 g/mol. The van der Waals surface area contributed by atoms with Crippen molar-refractivity contribution in [3.8, 4) is 0 Å². The fourth-order valence-electron chi connectivity index (χ4n) is 1.72. The number of rotatable bonds is 3. The van der Waals surface area contributed by atoms with Crippen molar-refractivity contribution in [3.63, 3.8) is 0 Å². The summed E-state index contributed by atoms with van der Waals surface area (Å²) in [5, 5.41) is 0. The predicted molar refractivity (Wildman–Crippen MR) is 51.9 cm³/mol. The smallest absolute Gasteiger partial charge is 0.264 e. The highest BCUT2D eigenvalue weighted by Crippen LogP contribution is 2.28. The quantitative estimate of drug-likeness (QED) is 0.661. The molecule has 0 aliphatic heterocycles. The van der Waals surface area contributed by atoms with Gasteiger partial charge < -0.3 is 0 Å². The van der Waals surface area contributed by atoms with Crippen LogP contribution in [-0.2, 0) is 14.3 Å². The second-order valence-corrected chi connectivity index (χ2v) is 5.76. The predicted octanol–water partition coefficient (Wildman–Crippen LogP) is 1.79. The molecule has 1 rings (SSSR count). The van der Waals surface area contributed by atoms with Crippen LogP contribution in [0.3, 0.4) is 0 Å². The minimum Gasteiger partial charge on any atom is -0.270 e. The normalized spacial score (nSPS) is 30.3. The van der Waals surface area contributed by atoms with Crippen LogP contribution in [0.4, 0.5) is 0 Å². The van der Waals surface area contributed by atoms with Crippen LogP contribution in [0.25, 0.3) is 0 Å². The van der Waals surface area contributed by atoms with E-state index in [-0.39, 0.29) is 0 Å². The Kier molecular flexibility index (Phi) is 3.74. The van der Waals surface area contributed by atoms with E-state index in [2.05, 4.69) is 6.92 Å². The van der Waals surface area contributed by atoms with Crippen LogP contribution < -0.4 is 0 Å². The van der Waals surface area contributed by atoms with Crippen molar-refractivity contribution in [2.24, 2.45) is 11.8 Å². The lowest BCUT2D eigenvalue weighted by atomic mass is 9.83. The van der Waals surface area contributed by atoms with Crippen molar-refractivity contribution in [1.82, 2.24) is 0 Å². The average Bonchev–Trinajstić information content (AvgIpc) is 2.02. The van der Waals surface area contributed by atoms with Gasteiger partial charge in [0.2, 0.25) is 0 Å². The lowest BCUT2D eigenvalue weighted by Gasteiger charge is -2.25. The van der Waals surface area contributed by atoms with E-state index in [4.69, 9.17) is 4.18 Å². The lowest BCUT2D eigenvalue weighted by Crippen LogP contribution is -2.19. The fourth-order valence-corrected chi connectivity index (χ4v) is 2.16. The van der Waals surface area contributed by atoms with Gasteiger partial charge in [0, 0.05) is 0 Å². The third-order valence-corrected chi connectivity index (χ3v) is 3.22. The highest BCUT2D eigenvalue weighted by atomic mass is 32.2. The van der Waals surface area contributed by atoms with Crippen LogP contribution in [-0.4, -0.2) is 21.3 Å². The van der Waals surface area contributed by atoms with Crippen molar-refractivity contribution in [3.05, 3.63) is 0 Å². The van der Waals surface area contributed by atoms with Crippen molar-refractivity contribution in [1.29, 1.82) is 0 Å². The third-order valence-electron chi connectivity index (χ3n) is 2.65. The number of hydrogen-bond donors (Lipinski definition) is 0. The second-order valence-electron chi connectivity index (χ2n) is 4.11. The van der Waals surface area contributed by atoms with Gasteiger partial charge in [0.05, 0.1) is 12.9 Å². The molecule has 1 aliphatic rings. The molecule has 0 unspecified atom stereocenters. The molecule has 13 heavy (non-hydrogen) atoms. The first kappa shape index (κ1) is 11.0. The summed E-state index contributed by atoms with van der Waals surface area (Å²) in [7, 11) is -3.24. The van der Waals surface area contributed by atoms with E-state index in [0.29, 0.717) is 12.5 Å². The Morgan fingerprint density at radius 3 is 2.23 bits per heavy atom. The summed E-state index contributed by atoms with van der Waals surface area (Å²) in [6.45, 7) is 2.62. The summed E-state index contributed by atoms with van der Waals surface area (Å²) in [5.41, 5.74) is 0. The molecule has 0 saturated heterocycles. The Bertz CT molecular complexity index is 238. The minimum absolute atomic E-state index is 0.381. The molecule has 3 nitrogen and oxygen atoms in total. The van der Waals surface area contributed by atoms with Crippen LogP contribution >= 0.6 is 0 Å². The van der Waals surface area contributed by atoms with Crippen molar-refractivity contribution in [2.45, 2.75) is 32.6 Å². The first-order chi connectivity index (χ1) is 5.97. The Morgan fingerprint density at radius 1 is 1.23 bits per heavy atom. The van der Waals surface area contributed by atoms with Crippen LogP contribution in [0.2, 0.25) is 0 Å². The zero-order valence-corrected chi connectivity index (χ0v) is 9.14. The Hall–Kier alpha value is -0.0900. The molecule has 0 radical (unpaired) electrons. The van der Waals surface area contributed by atoms with Crippen molar-refractivity contribution >= 4 is 10.1 Å². The largest absolute Gasteiger partial charge is 0.270 e. The fraction of sp³-hybridized carbons (Fsp3) is 1.00. The van der Waals surface area contributed by atoms with Gasteiger partial charge in [-0.1, -0.05) is 19.8 Å². The molecule has 0 spiro atoms. The van der Waals surface area contributed by atoms with Gasteiger partial charge >= 0.3 is 0 Å². The van der Waals surface area contributed by atoms with Crippen LogP contribution in [0, 0.1) is 11.8 Å². The SMILES string of the molecule is CC1CCC(COS(C)(=O)=O)CC1. The Morgan fingerprint density at radius 2 is 1.77 bits per heavy atom. The van der Waals surface area contributed by atoms with Crippen LogP contribution in [0.15, 0.2) is 0 Å². The zero-order chi connectivity index (χ0) is 9.90. The van der Waals surface area contributed by atoms with Gasteiger partial charge in [-0.05, 0) is 24.7 Å². The molecule has 78 valence electrons. The van der Waals surface area contributed by atoms with Gasteiger partial charge in [-0.3, -0.25) is 4.18 Å². The minimum atomic E-state index is -3.24. The molecule has 0 heterocycles. The Balaban J connectivity index is 2.24. The van der Waals surface area contributed by atoms with E-state index in [1.165, 1.54) is 12.8 Å². The van der Waals surface area contributed by atoms with E-state index in [1.54, 1.807) is 0 Å². The molecule has 4 heteroatoms. The van der Waals surface area contributed by atoms with Gasteiger partial charge in [-0.2, -0.15) is 8.42 Å². The first-order valence-electron chi connectivity index (χ1n) is 4.82. The summed E-state index contributed by atoms with van der Waals surface area (Å²) < 4.78 is 26.2. The standard InChI is InChI=1S/C9H18O3S/c1-8-3-5-9(6-4-8)7-12-13(2,10)11/h8-9H,3-7H2,1-2H3. The van der Waals surface area contributed by atoms with Gasteiger partial charge in [-0.25, -0.2) is 0 Å². The van der Waals surface area contributed by atoms with E-state index in [0.717, 1.165) is 25.0 Å². The summed E-state index contributed by atoms with van der Waals surface area (Å²) in [6, 6.07) is 0. The molecule has 0 aromatic rings. The maximum Gasteiger partial charge on any atom is 0.264 e. The zero-order valence-electron chi connectivity index (χ0n) is 8.32. The van der Waals surface area contributed by atoms with Crippen molar-refractivity contribution in [2.75, 3.05) is 12.9 Å². The molecule has 1 saturated carbocycles. The topological polar surface area (TPSA) is 43.4 Å². The summed E-state index contributed by atoms with van der Waals surface area (Å²) in [5.74, 6) is 1.25. The van der Waals surface area contributed by atoms with Crippen LogP contribution in [0.1, 0.15) is 32.6 Å². The molecule has 0 amide bonds. The van der Waals surface area contributed by atoms with Gasteiger partial charge in [-0.15, -0.1) is 0 Å². The van der Waals surface area contributed by atoms with Crippen molar-refractivity contribution < 1.29 is 12.6 Å². The molecule has 0 N–H and O–H groups in total. The average molecular weight is 206 g/mol. The summed E-state index contributed by atoms with van der Waals surface area (Å²) in [6.07, 6.45) is 5.74. The molecule has 1 aliphatic carbocycles. The summed E-state index contributed by atoms with van der Waals surface area (Å²) >= 11 is 0. The first-order valence-corrected chi connectivity index (χ1v) is 6.63. The molecule has 1 fully saturated rings. The summed E-state index contributed by atoms with van der Waals surface area (Å²) in [4.78, 5) is 0. The van der Waals surface area contributed by atoms with E-state index in [9.17, 15) is 8.42 Å². The van der Waals surface area contributed by atoms with Gasteiger partial charge in [0.1, 0.15) is 0 Å². The molecule has 0 atom stereocenters. The van der Waals surface area contributed by atoms with Gasteiger partial charge in [0.15, 0.2) is 0 Å². The highest BCUT2D eigenvalue weighted by Gasteiger charge is 2.19. The van der Waals surface area contributed by atoms with E-state index in [1.807, 2.05) is 0 Å². The molecular formula is C9H18O3S. The maximum absolute atomic E-state index is 10.7. The maximum atomic E-state index is 10.7.